The molecule has 104 valence electrons. The van der Waals surface area contributed by atoms with Crippen LogP contribution in [0.2, 0.25) is 0 Å². The molecule has 1 saturated heterocycles. The largest absolute Gasteiger partial charge is 0.496 e. The molecule has 19 heavy (non-hydrogen) atoms. The Bertz CT molecular complexity index is 409. The van der Waals surface area contributed by atoms with Gasteiger partial charge in [0.1, 0.15) is 5.75 Å². The summed E-state index contributed by atoms with van der Waals surface area (Å²) in [5, 5.41) is 2.42. The molecule has 0 bridgehead atoms. The number of hydrogen-bond acceptors (Lipinski definition) is 3. The van der Waals surface area contributed by atoms with E-state index in [1.54, 1.807) is 7.11 Å². The molecule has 1 heterocycles. The maximum Gasteiger partial charge on any atom is 0.122 e. The summed E-state index contributed by atoms with van der Waals surface area (Å²) >= 11 is 0. The molecule has 3 nitrogen and oxygen atoms in total. The summed E-state index contributed by atoms with van der Waals surface area (Å²) in [6.07, 6.45) is 6.55. The van der Waals surface area contributed by atoms with Crippen LogP contribution in [0.5, 0.6) is 5.75 Å². The number of nitrogens with zero attached hydrogens (tertiary/aromatic N) is 1. The number of ether oxygens (including phenoxy) is 1. The number of hydrogen-bond donors (Lipinski definition) is 1. The van der Waals surface area contributed by atoms with Crippen molar-refractivity contribution in [2.45, 2.75) is 44.1 Å². The van der Waals surface area contributed by atoms with Crippen LogP contribution in [0.3, 0.4) is 0 Å². The van der Waals surface area contributed by atoms with Gasteiger partial charge in [-0.2, -0.15) is 0 Å². The highest BCUT2D eigenvalue weighted by molar-refractivity contribution is 5.37. The predicted molar refractivity (Wildman–Crippen MR) is 77.3 cm³/mol. The molecular formula is C16H24N2O. The van der Waals surface area contributed by atoms with Gasteiger partial charge in [-0.1, -0.05) is 24.6 Å². The Morgan fingerprint density at radius 1 is 1.11 bits per heavy atom. The summed E-state index contributed by atoms with van der Waals surface area (Å²) in [5.41, 5.74) is 5.06. The number of para-hydroxylation sites is 1. The van der Waals surface area contributed by atoms with Gasteiger partial charge < -0.3 is 4.74 Å². The molecule has 3 rings (SSSR count). The first kappa shape index (κ1) is 12.9. The van der Waals surface area contributed by atoms with Crippen molar-refractivity contribution in [3.05, 3.63) is 29.8 Å². The van der Waals surface area contributed by atoms with Gasteiger partial charge in [0.25, 0.3) is 0 Å². The Morgan fingerprint density at radius 3 is 2.58 bits per heavy atom. The van der Waals surface area contributed by atoms with Gasteiger partial charge in [-0.15, -0.1) is 0 Å². The molecule has 0 radical (unpaired) electrons. The summed E-state index contributed by atoms with van der Waals surface area (Å²) in [7, 11) is 1.76. The first-order chi connectivity index (χ1) is 9.36. The predicted octanol–water partition coefficient (Wildman–Crippen LogP) is 2.93. The molecule has 0 amide bonds. The first-order valence-corrected chi connectivity index (χ1v) is 7.51. The van der Waals surface area contributed by atoms with E-state index < -0.39 is 0 Å². The third kappa shape index (κ3) is 2.93. The van der Waals surface area contributed by atoms with E-state index >= 15 is 0 Å². The number of nitrogens with one attached hydrogen (secondary N) is 1. The second-order valence-corrected chi connectivity index (χ2v) is 5.78. The summed E-state index contributed by atoms with van der Waals surface area (Å²) in [6, 6.07) is 9.10. The summed E-state index contributed by atoms with van der Waals surface area (Å²) in [4.78, 5) is 0. The van der Waals surface area contributed by atoms with Crippen LogP contribution in [0, 0.1) is 0 Å². The van der Waals surface area contributed by atoms with Gasteiger partial charge in [0.05, 0.1) is 7.11 Å². The molecule has 2 aliphatic rings. The van der Waals surface area contributed by atoms with Crippen molar-refractivity contribution in [1.29, 1.82) is 0 Å². The zero-order chi connectivity index (χ0) is 13.1. The zero-order valence-electron chi connectivity index (χ0n) is 11.8. The Kier molecular flexibility index (Phi) is 4.04. The molecule has 0 unspecified atom stereocenters. The summed E-state index contributed by atoms with van der Waals surface area (Å²) < 4.78 is 5.46. The van der Waals surface area contributed by atoms with E-state index in [4.69, 9.17) is 4.74 Å². The van der Waals surface area contributed by atoms with Gasteiger partial charge in [-0.05, 0) is 43.2 Å². The lowest BCUT2D eigenvalue weighted by Gasteiger charge is -2.41. The van der Waals surface area contributed by atoms with Crippen molar-refractivity contribution in [1.82, 2.24) is 10.4 Å². The Hall–Kier alpha value is -1.06. The van der Waals surface area contributed by atoms with E-state index in [0.29, 0.717) is 12.0 Å². The van der Waals surface area contributed by atoms with Gasteiger partial charge in [0, 0.05) is 19.1 Å². The Morgan fingerprint density at radius 2 is 1.84 bits per heavy atom. The fraction of sp³-hybridized carbons (Fsp3) is 0.625. The minimum absolute atomic E-state index is 0.660. The van der Waals surface area contributed by atoms with Crippen molar-refractivity contribution in [3.8, 4) is 5.75 Å². The fourth-order valence-corrected chi connectivity index (χ4v) is 3.26. The van der Waals surface area contributed by atoms with E-state index in [-0.39, 0.29) is 0 Å². The van der Waals surface area contributed by atoms with Gasteiger partial charge in [-0.3, -0.25) is 5.43 Å². The molecule has 3 heteroatoms. The fourth-order valence-electron chi connectivity index (χ4n) is 3.26. The van der Waals surface area contributed by atoms with Crippen LogP contribution in [0.25, 0.3) is 0 Å². The van der Waals surface area contributed by atoms with Gasteiger partial charge >= 0.3 is 0 Å². The quantitative estimate of drug-likeness (QED) is 0.901. The number of rotatable bonds is 4. The molecule has 0 spiro atoms. The molecule has 1 aliphatic heterocycles. The second kappa shape index (κ2) is 5.93. The minimum Gasteiger partial charge on any atom is -0.496 e. The van der Waals surface area contributed by atoms with Crippen LogP contribution < -0.4 is 10.2 Å². The van der Waals surface area contributed by atoms with Crippen LogP contribution in [-0.2, 0) is 0 Å². The first-order valence-electron chi connectivity index (χ1n) is 7.51. The van der Waals surface area contributed by atoms with Crippen molar-refractivity contribution in [2.24, 2.45) is 0 Å². The standard InChI is InChI=1S/C16H24N2O/c1-19-16-8-4-3-7-15(16)13-11-14(12-13)17-18-9-5-2-6-10-18/h3-4,7-8,13-14,17H,2,5-6,9-12H2,1H3. The van der Waals surface area contributed by atoms with Crippen molar-refractivity contribution >= 4 is 0 Å². The smallest absolute Gasteiger partial charge is 0.122 e. The van der Waals surface area contributed by atoms with Gasteiger partial charge in [0.2, 0.25) is 0 Å². The highest BCUT2D eigenvalue weighted by Crippen LogP contribution is 2.41. The number of methoxy groups -OCH3 is 1. The average molecular weight is 260 g/mol. The monoisotopic (exact) mass is 260 g/mol. The van der Waals surface area contributed by atoms with E-state index in [2.05, 4.69) is 28.6 Å². The van der Waals surface area contributed by atoms with Crippen LogP contribution >= 0.6 is 0 Å². The topological polar surface area (TPSA) is 24.5 Å². The molecule has 1 aliphatic carbocycles. The van der Waals surface area contributed by atoms with Gasteiger partial charge in [0.15, 0.2) is 0 Å². The van der Waals surface area contributed by atoms with Crippen LogP contribution in [0.15, 0.2) is 24.3 Å². The van der Waals surface area contributed by atoms with Crippen LogP contribution in [0.4, 0.5) is 0 Å². The van der Waals surface area contributed by atoms with Crippen molar-refractivity contribution in [2.75, 3.05) is 20.2 Å². The third-order valence-corrected chi connectivity index (χ3v) is 4.44. The second-order valence-electron chi connectivity index (χ2n) is 5.78. The highest BCUT2D eigenvalue weighted by Gasteiger charge is 2.33. The number of hydrazine groups is 1. The number of benzene rings is 1. The van der Waals surface area contributed by atoms with Crippen LogP contribution in [-0.4, -0.2) is 31.3 Å². The van der Waals surface area contributed by atoms with E-state index in [0.717, 1.165) is 5.75 Å². The summed E-state index contributed by atoms with van der Waals surface area (Å²) in [5.74, 6) is 1.71. The zero-order valence-corrected chi connectivity index (χ0v) is 11.8. The Labute approximate surface area is 115 Å². The van der Waals surface area contributed by atoms with E-state index in [1.807, 2.05) is 6.07 Å². The molecule has 2 fully saturated rings. The van der Waals surface area contributed by atoms with Crippen molar-refractivity contribution < 1.29 is 4.74 Å². The molecule has 1 aromatic carbocycles. The average Bonchev–Trinajstić information content (AvgIpc) is 2.43. The molecule has 1 N–H and O–H groups in total. The maximum atomic E-state index is 5.46. The minimum atomic E-state index is 0.660. The normalized spacial score (nSPS) is 27.8. The van der Waals surface area contributed by atoms with E-state index in [9.17, 15) is 0 Å². The lowest BCUT2D eigenvalue weighted by Crippen LogP contribution is -2.51. The molecule has 1 aromatic rings. The molecule has 0 aromatic heterocycles. The molecular weight excluding hydrogens is 236 g/mol. The third-order valence-electron chi connectivity index (χ3n) is 4.44. The Balaban J connectivity index is 1.51. The van der Waals surface area contributed by atoms with Gasteiger partial charge in [-0.25, -0.2) is 5.01 Å². The van der Waals surface area contributed by atoms with Crippen LogP contribution in [0.1, 0.15) is 43.6 Å². The lowest BCUT2D eigenvalue weighted by molar-refractivity contribution is 0.0913. The number of piperidine rings is 1. The maximum absolute atomic E-state index is 5.46. The lowest BCUT2D eigenvalue weighted by atomic mass is 9.76. The highest BCUT2D eigenvalue weighted by atomic mass is 16.5. The molecule has 1 saturated carbocycles. The molecule has 0 atom stereocenters. The summed E-state index contributed by atoms with van der Waals surface area (Å²) in [6.45, 7) is 2.44. The van der Waals surface area contributed by atoms with Crippen molar-refractivity contribution in [3.63, 3.8) is 0 Å². The van der Waals surface area contributed by atoms with E-state index in [1.165, 1.54) is 50.8 Å². The SMILES string of the molecule is COc1ccccc1C1CC(NN2CCCCC2)C1.